The number of fused-ring (bicyclic) bond motifs is 1. The minimum absolute atomic E-state index is 0.163. The number of hydrogen-bond donors (Lipinski definition) is 1. The van der Waals surface area contributed by atoms with Crippen molar-refractivity contribution in [3.63, 3.8) is 0 Å². The van der Waals surface area contributed by atoms with Crippen molar-refractivity contribution in [3.05, 3.63) is 59.2 Å². The van der Waals surface area contributed by atoms with Gasteiger partial charge in [-0.25, -0.2) is 13.1 Å². The number of nitrogens with one attached hydrogen (secondary N) is 1. The van der Waals surface area contributed by atoms with Crippen LogP contribution in [0.3, 0.4) is 0 Å². The lowest BCUT2D eigenvalue weighted by atomic mass is 10.0. The number of hydrogen-bond acceptors (Lipinski definition) is 3. The maximum Gasteiger partial charge on any atom is 0.241 e. The van der Waals surface area contributed by atoms with Crippen LogP contribution in [0.4, 0.5) is 5.69 Å². The number of rotatable bonds is 6. The number of anilines is 1. The van der Waals surface area contributed by atoms with Crippen LogP contribution in [0.15, 0.2) is 47.4 Å². The second-order valence-corrected chi connectivity index (χ2v) is 9.51. The van der Waals surface area contributed by atoms with Crippen molar-refractivity contribution in [1.29, 1.82) is 0 Å². The highest BCUT2D eigenvalue weighted by molar-refractivity contribution is 7.89. The van der Waals surface area contributed by atoms with Gasteiger partial charge in [0.15, 0.2) is 0 Å². The van der Waals surface area contributed by atoms with Gasteiger partial charge in [-0.15, -0.1) is 0 Å². The highest BCUT2D eigenvalue weighted by atomic mass is 32.2. The molecule has 0 aromatic heterocycles. The molecule has 1 aliphatic heterocycles. The summed E-state index contributed by atoms with van der Waals surface area (Å²) >= 11 is 0. The molecule has 2 aromatic rings. The Balaban J connectivity index is 1.56. The van der Waals surface area contributed by atoms with Crippen LogP contribution in [0.5, 0.6) is 0 Å². The summed E-state index contributed by atoms with van der Waals surface area (Å²) < 4.78 is 28.8. The molecular weight excluding hydrogens is 372 g/mol. The summed E-state index contributed by atoms with van der Waals surface area (Å²) in [4.78, 5) is 14.5. The van der Waals surface area contributed by atoms with Gasteiger partial charge in [0, 0.05) is 24.2 Å². The first-order chi connectivity index (χ1) is 13.4. The number of benzene rings is 2. The molecule has 0 spiro atoms. The molecule has 1 N–H and O–H groups in total. The van der Waals surface area contributed by atoms with Crippen molar-refractivity contribution < 1.29 is 13.2 Å². The van der Waals surface area contributed by atoms with E-state index in [0.29, 0.717) is 19.4 Å². The molecule has 28 heavy (non-hydrogen) atoms. The summed E-state index contributed by atoms with van der Waals surface area (Å²) in [6.07, 6.45) is 3.31. The Morgan fingerprint density at radius 1 is 1.18 bits per heavy atom. The quantitative estimate of drug-likeness (QED) is 0.806. The van der Waals surface area contributed by atoms with Gasteiger partial charge in [-0.3, -0.25) is 4.79 Å². The Labute approximate surface area is 166 Å². The van der Waals surface area contributed by atoms with Gasteiger partial charge in [0.1, 0.15) is 0 Å². The standard InChI is InChI=1S/C22H26N2O3S/c1-3-20(16-6-4-15(2)5-7-16)23-28(26,27)19-10-11-21-18(14-19)12-13-24(21)22(25)17-8-9-17/h4-7,10-11,14,17,20,23H,3,8-9,12-13H2,1-2H3/t20-/m1/s1. The van der Waals surface area contributed by atoms with E-state index in [0.717, 1.165) is 35.2 Å². The van der Waals surface area contributed by atoms with Crippen LogP contribution in [0.25, 0.3) is 0 Å². The lowest BCUT2D eigenvalue weighted by molar-refractivity contribution is -0.119. The molecule has 0 bridgehead atoms. The van der Waals surface area contributed by atoms with Crippen LogP contribution in [0.2, 0.25) is 0 Å². The van der Waals surface area contributed by atoms with Crippen molar-refractivity contribution in [3.8, 4) is 0 Å². The van der Waals surface area contributed by atoms with Crippen LogP contribution in [0.1, 0.15) is 48.9 Å². The molecule has 2 aromatic carbocycles. The number of aryl methyl sites for hydroxylation is 1. The lowest BCUT2D eigenvalue weighted by Gasteiger charge is -2.19. The van der Waals surface area contributed by atoms with E-state index in [1.165, 1.54) is 0 Å². The molecule has 2 aliphatic rings. The molecule has 1 fully saturated rings. The Hall–Kier alpha value is -2.18. The number of amides is 1. The van der Waals surface area contributed by atoms with Crippen molar-refractivity contribution in [1.82, 2.24) is 4.72 Å². The predicted octanol–water partition coefficient (Wildman–Crippen LogP) is 3.72. The average molecular weight is 399 g/mol. The van der Waals surface area contributed by atoms with Gasteiger partial charge in [0.2, 0.25) is 15.9 Å². The van der Waals surface area contributed by atoms with Gasteiger partial charge >= 0.3 is 0 Å². The van der Waals surface area contributed by atoms with Gasteiger partial charge in [-0.2, -0.15) is 0 Å². The van der Waals surface area contributed by atoms with E-state index in [1.807, 2.05) is 43.0 Å². The first-order valence-electron chi connectivity index (χ1n) is 9.92. The summed E-state index contributed by atoms with van der Waals surface area (Å²) in [6, 6.07) is 12.8. The van der Waals surface area contributed by atoms with E-state index >= 15 is 0 Å². The maximum absolute atomic E-state index is 13.0. The van der Waals surface area contributed by atoms with Crippen LogP contribution in [0, 0.1) is 12.8 Å². The predicted molar refractivity (Wildman–Crippen MR) is 110 cm³/mol. The van der Waals surface area contributed by atoms with Gasteiger partial charge in [-0.05, 0) is 61.9 Å². The minimum atomic E-state index is -3.65. The molecular formula is C22H26N2O3S. The van der Waals surface area contributed by atoms with Gasteiger partial charge in [-0.1, -0.05) is 36.8 Å². The SMILES string of the molecule is CC[C@@H](NS(=O)(=O)c1ccc2c(c1)CCN2C(=O)C1CC1)c1ccc(C)cc1. The van der Waals surface area contributed by atoms with Crippen molar-refractivity contribution in [2.75, 3.05) is 11.4 Å². The number of carbonyl (C=O) groups excluding carboxylic acids is 1. The zero-order valence-electron chi connectivity index (χ0n) is 16.3. The molecule has 0 radical (unpaired) electrons. The Morgan fingerprint density at radius 2 is 1.89 bits per heavy atom. The van der Waals surface area contributed by atoms with Gasteiger partial charge in [0.05, 0.1) is 4.90 Å². The largest absolute Gasteiger partial charge is 0.312 e. The molecule has 0 unspecified atom stereocenters. The van der Waals surface area contributed by atoms with Crippen LogP contribution in [-0.4, -0.2) is 20.9 Å². The van der Waals surface area contributed by atoms with E-state index in [-0.39, 0.29) is 22.8 Å². The third-order valence-corrected chi connectivity index (χ3v) is 7.10. The summed E-state index contributed by atoms with van der Waals surface area (Å²) in [7, 11) is -3.65. The molecule has 1 heterocycles. The summed E-state index contributed by atoms with van der Waals surface area (Å²) in [6.45, 7) is 4.62. The molecule has 6 heteroatoms. The number of nitrogens with zero attached hydrogens (tertiary/aromatic N) is 1. The highest BCUT2D eigenvalue weighted by Crippen LogP contribution is 2.37. The summed E-state index contributed by atoms with van der Waals surface area (Å²) in [5, 5.41) is 0. The van der Waals surface area contributed by atoms with Gasteiger partial charge in [0.25, 0.3) is 0 Å². The Bertz CT molecular complexity index is 995. The van der Waals surface area contributed by atoms with E-state index in [2.05, 4.69) is 4.72 Å². The van der Waals surface area contributed by atoms with Crippen LogP contribution >= 0.6 is 0 Å². The fourth-order valence-corrected chi connectivity index (χ4v) is 5.12. The zero-order valence-corrected chi connectivity index (χ0v) is 17.1. The Kier molecular flexibility index (Phi) is 5.02. The van der Waals surface area contributed by atoms with Crippen LogP contribution < -0.4 is 9.62 Å². The van der Waals surface area contributed by atoms with E-state index in [4.69, 9.17) is 0 Å². The molecule has 1 aliphatic carbocycles. The van der Waals surface area contributed by atoms with E-state index < -0.39 is 10.0 Å². The Morgan fingerprint density at radius 3 is 2.54 bits per heavy atom. The molecule has 1 atom stereocenters. The van der Waals surface area contributed by atoms with Crippen molar-refractivity contribution >= 4 is 21.6 Å². The average Bonchev–Trinajstić information content (AvgIpc) is 3.45. The molecule has 1 saturated carbocycles. The first kappa shape index (κ1) is 19.2. The summed E-state index contributed by atoms with van der Waals surface area (Å²) in [5.41, 5.74) is 3.89. The molecule has 1 amide bonds. The lowest BCUT2D eigenvalue weighted by Crippen LogP contribution is -2.30. The van der Waals surface area contributed by atoms with E-state index in [1.54, 1.807) is 18.2 Å². The molecule has 4 rings (SSSR count). The third kappa shape index (κ3) is 3.71. The minimum Gasteiger partial charge on any atom is -0.312 e. The normalized spacial score (nSPS) is 17.4. The second kappa shape index (κ2) is 7.33. The third-order valence-electron chi connectivity index (χ3n) is 5.63. The highest BCUT2D eigenvalue weighted by Gasteiger charge is 2.36. The molecule has 5 nitrogen and oxygen atoms in total. The fourth-order valence-electron chi connectivity index (χ4n) is 3.77. The zero-order chi connectivity index (χ0) is 19.9. The number of sulfonamides is 1. The molecule has 0 saturated heterocycles. The maximum atomic E-state index is 13.0. The summed E-state index contributed by atoms with van der Waals surface area (Å²) in [5.74, 6) is 0.341. The van der Waals surface area contributed by atoms with Crippen LogP contribution in [-0.2, 0) is 21.2 Å². The number of carbonyl (C=O) groups is 1. The first-order valence-corrected chi connectivity index (χ1v) is 11.4. The smallest absolute Gasteiger partial charge is 0.241 e. The van der Waals surface area contributed by atoms with E-state index in [9.17, 15) is 13.2 Å². The van der Waals surface area contributed by atoms with Crippen molar-refractivity contribution in [2.45, 2.75) is 50.5 Å². The monoisotopic (exact) mass is 398 g/mol. The second-order valence-electron chi connectivity index (χ2n) is 7.80. The fraction of sp³-hybridized carbons (Fsp3) is 0.409. The van der Waals surface area contributed by atoms with Crippen molar-refractivity contribution in [2.24, 2.45) is 5.92 Å². The molecule has 148 valence electrons. The topological polar surface area (TPSA) is 66.5 Å². The van der Waals surface area contributed by atoms with Gasteiger partial charge < -0.3 is 4.90 Å².